The van der Waals surface area contributed by atoms with Crippen molar-refractivity contribution < 1.29 is 45.7 Å². The van der Waals surface area contributed by atoms with Gasteiger partial charge in [0.25, 0.3) is 6.01 Å². The fourth-order valence-corrected chi connectivity index (χ4v) is 8.51. The summed E-state index contributed by atoms with van der Waals surface area (Å²) in [5.74, 6) is 0.301. The van der Waals surface area contributed by atoms with Gasteiger partial charge in [-0.1, -0.05) is 49.7 Å². The van der Waals surface area contributed by atoms with E-state index in [1.807, 2.05) is 13.0 Å². The van der Waals surface area contributed by atoms with Gasteiger partial charge in [-0.3, -0.25) is 9.58 Å². The van der Waals surface area contributed by atoms with Crippen LogP contribution in [0, 0.1) is 12.9 Å². The maximum atomic E-state index is 14.4. The lowest BCUT2D eigenvalue weighted by atomic mass is 9.78. The predicted molar refractivity (Wildman–Crippen MR) is 218 cm³/mol. The van der Waals surface area contributed by atoms with Crippen LogP contribution in [0.2, 0.25) is 5.02 Å². The number of aromatic nitrogens is 4. The lowest BCUT2D eigenvalue weighted by molar-refractivity contribution is -0.152. The van der Waals surface area contributed by atoms with E-state index in [1.54, 1.807) is 44.2 Å². The van der Waals surface area contributed by atoms with Crippen molar-refractivity contribution in [3.63, 3.8) is 0 Å². The van der Waals surface area contributed by atoms with E-state index in [4.69, 9.17) is 35.0 Å². The predicted octanol–water partition coefficient (Wildman–Crippen LogP) is 8.58. The quantitative estimate of drug-likeness (QED) is 0.0730. The molecule has 318 valence electrons. The first kappa shape index (κ1) is 42.9. The molecule has 12 nitrogen and oxygen atoms in total. The SMILES string of the molecule is COC(=O)[C@H](Oc1ncnc2sc(-c3ccc(F)o3)c(-c3ccc(OCCN4CCN(C)CC4)c(Cl)c3C)c12)C(C)(C)c1ccccc1OCc1ccnn1CC(F)(F)F. The van der Waals surface area contributed by atoms with Crippen LogP contribution >= 0.6 is 22.9 Å². The average Bonchev–Trinajstić information content (AvgIpc) is 3.96. The van der Waals surface area contributed by atoms with Crippen molar-refractivity contribution in [1.29, 1.82) is 0 Å². The Bertz CT molecular complexity index is 2460. The summed E-state index contributed by atoms with van der Waals surface area (Å²) in [6.45, 7) is 8.90. The number of carbonyl (C=O) groups excluding carboxylic acids is 1. The van der Waals surface area contributed by atoms with Gasteiger partial charge in [0.1, 0.15) is 48.2 Å². The van der Waals surface area contributed by atoms with Crippen LogP contribution in [0.3, 0.4) is 0 Å². The second-order valence-electron chi connectivity index (χ2n) is 14.9. The van der Waals surface area contributed by atoms with Crippen LogP contribution in [0.4, 0.5) is 17.6 Å². The Labute approximate surface area is 352 Å². The number of nitrogens with zero attached hydrogens (tertiary/aromatic N) is 6. The summed E-state index contributed by atoms with van der Waals surface area (Å²) < 4.78 is 84.6. The number of halogens is 5. The van der Waals surface area contributed by atoms with E-state index in [0.717, 1.165) is 37.4 Å². The number of hydrogen-bond acceptors (Lipinski definition) is 12. The Balaban J connectivity index is 1.24. The van der Waals surface area contributed by atoms with Gasteiger partial charge in [-0.2, -0.15) is 22.7 Å². The molecule has 1 fully saturated rings. The van der Waals surface area contributed by atoms with Crippen LogP contribution in [0.15, 0.2) is 71.5 Å². The Morgan fingerprint density at radius 3 is 2.48 bits per heavy atom. The van der Waals surface area contributed by atoms with Gasteiger partial charge in [0, 0.05) is 61.5 Å². The molecule has 1 aliphatic rings. The summed E-state index contributed by atoms with van der Waals surface area (Å²) in [6, 6.07) is 13.8. The molecule has 0 N–H and O–H groups in total. The summed E-state index contributed by atoms with van der Waals surface area (Å²) in [4.78, 5) is 28.4. The standard InChI is InChI=1S/C42H43ClF4N6O6S/c1-25-27(10-11-30(35(25)43)56-21-20-52-18-16-51(4)17-19-52)33-34-38(48-24-49-39(34)60-36(33)31-12-13-32(44)58-31)59-37(40(54)55-5)41(2,3)28-8-6-7-9-29(28)57-22-26-14-15-50-53(26)23-42(45,46)47/h6-15,24,37H,16-23H2,1-5H3/t37-/m0/s1. The molecule has 7 rings (SSSR count). The molecule has 1 atom stereocenters. The number of carbonyl (C=O) groups is 1. The number of hydrogen-bond donors (Lipinski definition) is 0. The van der Waals surface area contributed by atoms with E-state index < -0.39 is 36.2 Å². The average molecular weight is 871 g/mol. The van der Waals surface area contributed by atoms with Gasteiger partial charge in [0.2, 0.25) is 12.0 Å². The molecule has 0 unspecified atom stereocenters. The van der Waals surface area contributed by atoms with Crippen molar-refractivity contribution in [3.8, 4) is 39.1 Å². The lowest BCUT2D eigenvalue weighted by Gasteiger charge is -2.34. The van der Waals surface area contributed by atoms with E-state index >= 15 is 0 Å². The van der Waals surface area contributed by atoms with E-state index in [2.05, 4.69) is 31.9 Å². The minimum atomic E-state index is -4.48. The molecule has 0 spiro atoms. The summed E-state index contributed by atoms with van der Waals surface area (Å²) in [5.41, 5.74) is 1.31. The summed E-state index contributed by atoms with van der Waals surface area (Å²) >= 11 is 8.23. The molecule has 0 bridgehead atoms. The van der Waals surface area contributed by atoms with Crippen molar-refractivity contribution >= 4 is 39.1 Å². The number of benzene rings is 2. The fraction of sp³-hybridized carbons (Fsp3) is 0.381. The van der Waals surface area contributed by atoms with Gasteiger partial charge >= 0.3 is 12.1 Å². The van der Waals surface area contributed by atoms with Gasteiger partial charge < -0.3 is 28.3 Å². The molecule has 0 amide bonds. The third-order valence-corrected chi connectivity index (χ3v) is 12.1. The number of methoxy groups -OCH3 is 1. The second kappa shape index (κ2) is 17.8. The third-order valence-electron chi connectivity index (χ3n) is 10.5. The number of esters is 1. The zero-order valence-electron chi connectivity index (χ0n) is 33.5. The van der Waals surface area contributed by atoms with Gasteiger partial charge in [-0.05, 0) is 49.4 Å². The van der Waals surface area contributed by atoms with Gasteiger partial charge in [0.15, 0.2) is 0 Å². The number of ether oxygens (including phenoxy) is 4. The maximum Gasteiger partial charge on any atom is 0.408 e. The summed E-state index contributed by atoms with van der Waals surface area (Å²) in [7, 11) is 3.34. The summed E-state index contributed by atoms with van der Waals surface area (Å²) in [6.07, 6.45) is -3.28. The van der Waals surface area contributed by atoms with Crippen molar-refractivity contribution in [2.75, 3.05) is 53.5 Å². The Hall–Kier alpha value is -5.23. The minimum absolute atomic E-state index is 0.0190. The molecule has 60 heavy (non-hydrogen) atoms. The molecule has 4 aromatic heterocycles. The first-order valence-corrected chi connectivity index (χ1v) is 20.2. The molecular formula is C42H43ClF4N6O6S. The normalized spacial score (nSPS) is 14.7. The highest BCUT2D eigenvalue weighted by Gasteiger charge is 2.43. The van der Waals surface area contributed by atoms with E-state index in [-0.39, 0.29) is 23.9 Å². The number of alkyl halides is 3. The minimum Gasteiger partial charge on any atom is -0.491 e. The molecule has 5 heterocycles. The Morgan fingerprint density at radius 2 is 1.77 bits per heavy atom. The number of fused-ring (bicyclic) bond motifs is 1. The topological polar surface area (TPSA) is 117 Å². The van der Waals surface area contributed by atoms with Crippen LogP contribution in [-0.2, 0) is 28.1 Å². The number of furan rings is 1. The van der Waals surface area contributed by atoms with Crippen molar-refractivity contribution in [2.45, 2.75) is 51.6 Å². The number of piperazine rings is 1. The van der Waals surface area contributed by atoms with E-state index in [9.17, 15) is 22.4 Å². The van der Waals surface area contributed by atoms with Crippen LogP contribution in [0.5, 0.6) is 17.4 Å². The molecule has 2 aromatic carbocycles. The van der Waals surface area contributed by atoms with Crippen LogP contribution < -0.4 is 14.2 Å². The second-order valence-corrected chi connectivity index (χ2v) is 16.3. The van der Waals surface area contributed by atoms with Gasteiger partial charge in [0.05, 0.1) is 28.1 Å². The van der Waals surface area contributed by atoms with Crippen LogP contribution in [0.25, 0.3) is 32.0 Å². The Kier molecular flexibility index (Phi) is 12.7. The van der Waals surface area contributed by atoms with E-state index in [0.29, 0.717) is 60.5 Å². The zero-order valence-corrected chi connectivity index (χ0v) is 35.1. The molecule has 1 saturated heterocycles. The highest BCUT2D eigenvalue weighted by molar-refractivity contribution is 7.22. The summed E-state index contributed by atoms with van der Waals surface area (Å²) in [5, 5.41) is 4.59. The number of likely N-dealkylation sites (N-methyl/N-ethyl adjacent to an activating group) is 1. The first-order chi connectivity index (χ1) is 28.6. The lowest BCUT2D eigenvalue weighted by Crippen LogP contribution is -2.45. The molecule has 0 radical (unpaired) electrons. The molecule has 0 aliphatic carbocycles. The highest BCUT2D eigenvalue weighted by atomic mass is 35.5. The van der Waals surface area contributed by atoms with Gasteiger partial charge in [-0.15, -0.1) is 11.3 Å². The third kappa shape index (κ3) is 9.23. The number of para-hydroxylation sites is 1. The highest BCUT2D eigenvalue weighted by Crippen LogP contribution is 2.50. The number of rotatable bonds is 15. The van der Waals surface area contributed by atoms with Crippen molar-refractivity contribution in [2.24, 2.45) is 0 Å². The monoisotopic (exact) mass is 870 g/mol. The van der Waals surface area contributed by atoms with Crippen molar-refractivity contribution in [3.05, 3.63) is 95.0 Å². The molecule has 0 saturated carbocycles. The number of thiophene rings is 1. The molecule has 6 aromatic rings. The largest absolute Gasteiger partial charge is 0.491 e. The molecular weight excluding hydrogens is 828 g/mol. The smallest absolute Gasteiger partial charge is 0.408 e. The van der Waals surface area contributed by atoms with Crippen molar-refractivity contribution in [1.82, 2.24) is 29.5 Å². The van der Waals surface area contributed by atoms with Crippen LogP contribution in [0.1, 0.15) is 30.7 Å². The van der Waals surface area contributed by atoms with Gasteiger partial charge in [-0.25, -0.2) is 14.8 Å². The van der Waals surface area contributed by atoms with E-state index in [1.165, 1.54) is 49.2 Å². The maximum absolute atomic E-state index is 14.4. The molecule has 18 heteroatoms. The molecule has 1 aliphatic heterocycles. The zero-order chi connectivity index (χ0) is 42.8. The first-order valence-electron chi connectivity index (χ1n) is 19.0. The Morgan fingerprint density at radius 1 is 1.00 bits per heavy atom. The van der Waals surface area contributed by atoms with Crippen LogP contribution in [-0.4, -0.2) is 101 Å². The fourth-order valence-electron chi connectivity index (χ4n) is 7.18.